The number of benzene rings is 2. The summed E-state index contributed by atoms with van der Waals surface area (Å²) in [6, 6.07) is 15.8. The van der Waals surface area contributed by atoms with Crippen LogP contribution in [0.25, 0.3) is 0 Å². The molecule has 3 rings (SSSR count). The van der Waals surface area contributed by atoms with Gasteiger partial charge >= 0.3 is 0 Å². The van der Waals surface area contributed by atoms with Gasteiger partial charge in [0.05, 0.1) is 12.7 Å². The van der Waals surface area contributed by atoms with E-state index in [2.05, 4.69) is 34.6 Å². The van der Waals surface area contributed by atoms with Gasteiger partial charge in [0.15, 0.2) is 0 Å². The summed E-state index contributed by atoms with van der Waals surface area (Å²) < 4.78 is 5.35. The van der Waals surface area contributed by atoms with E-state index in [1.165, 1.54) is 16.9 Å². The predicted octanol–water partition coefficient (Wildman–Crippen LogP) is 4.87. The Morgan fingerprint density at radius 2 is 2.00 bits per heavy atom. The lowest BCUT2D eigenvalue weighted by molar-refractivity contribution is 0.102. The van der Waals surface area contributed by atoms with E-state index >= 15 is 0 Å². The van der Waals surface area contributed by atoms with Gasteiger partial charge in [-0.1, -0.05) is 48.6 Å². The van der Waals surface area contributed by atoms with Crippen molar-refractivity contribution in [2.45, 2.75) is 24.2 Å². The Bertz CT molecular complexity index is 913. The van der Waals surface area contributed by atoms with Crippen molar-refractivity contribution in [1.82, 2.24) is 10.2 Å². The highest BCUT2D eigenvalue weighted by Gasteiger charge is 2.16. The molecule has 0 aliphatic heterocycles. The summed E-state index contributed by atoms with van der Waals surface area (Å²) in [6.07, 6.45) is 2.76. The van der Waals surface area contributed by atoms with Crippen molar-refractivity contribution in [3.05, 3.63) is 64.7 Å². The molecule has 0 saturated heterocycles. The molecule has 2 aromatic carbocycles. The number of nitrogens with zero attached hydrogens (tertiary/aromatic N) is 2. The minimum atomic E-state index is -0.252. The number of anilines is 1. The van der Waals surface area contributed by atoms with Crippen molar-refractivity contribution < 1.29 is 9.53 Å². The molecule has 0 aliphatic rings. The van der Waals surface area contributed by atoms with E-state index < -0.39 is 0 Å². The Kier molecular flexibility index (Phi) is 6.47. The first-order chi connectivity index (χ1) is 13.1. The molecule has 140 valence electrons. The minimum absolute atomic E-state index is 0.252. The van der Waals surface area contributed by atoms with Crippen LogP contribution in [-0.2, 0) is 6.42 Å². The molecule has 5 nitrogen and oxygen atoms in total. The second-order valence-corrected chi connectivity index (χ2v) is 7.98. The fraction of sp³-hybridized carbons (Fsp3) is 0.250. The van der Waals surface area contributed by atoms with Crippen molar-refractivity contribution in [2.24, 2.45) is 0 Å². The Morgan fingerprint density at radius 1 is 1.22 bits per heavy atom. The van der Waals surface area contributed by atoms with Crippen LogP contribution in [0.5, 0.6) is 5.75 Å². The number of carbonyl (C=O) groups excluding carboxylic acids is 1. The van der Waals surface area contributed by atoms with Gasteiger partial charge in [-0.2, -0.15) is 0 Å². The molecule has 27 heavy (non-hydrogen) atoms. The second kappa shape index (κ2) is 9.01. The standard InChI is InChI=1S/C20H21N3O2S2/c1-13(14-7-5-4-6-8-14)11-18-22-23-20(27-18)21-19(24)16-10-9-15(26-3)12-17(16)25-2/h4-10,12-13H,11H2,1-3H3,(H,21,23,24). The SMILES string of the molecule is COc1cc(SC)ccc1C(=O)Nc1nnc(CC(C)c2ccccc2)s1. The Hall–Kier alpha value is -2.38. The lowest BCUT2D eigenvalue weighted by Crippen LogP contribution is -2.13. The van der Waals surface area contributed by atoms with Crippen LogP contribution in [-0.4, -0.2) is 29.5 Å². The van der Waals surface area contributed by atoms with Crippen LogP contribution in [0.15, 0.2) is 53.4 Å². The molecule has 1 heterocycles. The molecule has 0 saturated carbocycles. The zero-order valence-electron chi connectivity index (χ0n) is 15.4. The minimum Gasteiger partial charge on any atom is -0.496 e. The van der Waals surface area contributed by atoms with E-state index in [1.807, 2.05) is 36.6 Å². The van der Waals surface area contributed by atoms with E-state index in [1.54, 1.807) is 24.9 Å². The van der Waals surface area contributed by atoms with Gasteiger partial charge in [0.25, 0.3) is 5.91 Å². The van der Waals surface area contributed by atoms with E-state index in [0.717, 1.165) is 16.3 Å². The van der Waals surface area contributed by atoms with Crippen LogP contribution in [0.1, 0.15) is 33.8 Å². The Morgan fingerprint density at radius 3 is 2.70 bits per heavy atom. The first-order valence-electron chi connectivity index (χ1n) is 8.51. The van der Waals surface area contributed by atoms with Crippen molar-refractivity contribution in [1.29, 1.82) is 0 Å². The highest BCUT2D eigenvalue weighted by molar-refractivity contribution is 7.98. The number of nitrogens with one attached hydrogen (secondary N) is 1. The van der Waals surface area contributed by atoms with Crippen molar-refractivity contribution in [2.75, 3.05) is 18.7 Å². The number of methoxy groups -OCH3 is 1. The molecule has 0 aliphatic carbocycles. The fourth-order valence-corrected chi connectivity index (χ4v) is 3.99. The van der Waals surface area contributed by atoms with Gasteiger partial charge in [0.1, 0.15) is 10.8 Å². The summed E-state index contributed by atoms with van der Waals surface area (Å²) in [4.78, 5) is 13.6. The second-order valence-electron chi connectivity index (χ2n) is 6.04. The molecular weight excluding hydrogens is 378 g/mol. The molecule has 3 aromatic rings. The van der Waals surface area contributed by atoms with Gasteiger partial charge in [0, 0.05) is 11.3 Å². The maximum absolute atomic E-state index is 12.6. The van der Waals surface area contributed by atoms with Gasteiger partial charge in [0.2, 0.25) is 5.13 Å². The Labute approximate surface area is 167 Å². The third-order valence-electron chi connectivity index (χ3n) is 4.19. The van der Waals surface area contributed by atoms with Gasteiger partial charge in [-0.05, 0) is 35.9 Å². The molecular formula is C20H21N3O2S2. The molecule has 0 fully saturated rings. The number of thioether (sulfide) groups is 1. The number of hydrogen-bond acceptors (Lipinski definition) is 6. The first kappa shape index (κ1) is 19.4. The highest BCUT2D eigenvalue weighted by Crippen LogP contribution is 2.27. The zero-order chi connectivity index (χ0) is 19.2. The average molecular weight is 400 g/mol. The van der Waals surface area contributed by atoms with Crippen LogP contribution in [0.4, 0.5) is 5.13 Å². The number of carbonyl (C=O) groups is 1. The smallest absolute Gasteiger partial charge is 0.261 e. The molecule has 0 radical (unpaired) electrons. The maximum Gasteiger partial charge on any atom is 0.261 e. The number of rotatable bonds is 7. The third kappa shape index (κ3) is 4.87. The summed E-state index contributed by atoms with van der Waals surface area (Å²) in [5.41, 5.74) is 1.74. The first-order valence-corrected chi connectivity index (χ1v) is 10.6. The van der Waals surface area contributed by atoms with Crippen molar-refractivity contribution >= 4 is 34.1 Å². The average Bonchev–Trinajstić information content (AvgIpc) is 3.14. The summed E-state index contributed by atoms with van der Waals surface area (Å²) in [7, 11) is 1.56. The Balaban J connectivity index is 1.68. The maximum atomic E-state index is 12.6. The van der Waals surface area contributed by atoms with Crippen molar-refractivity contribution in [3.8, 4) is 5.75 Å². The van der Waals surface area contributed by atoms with Crippen LogP contribution in [0.3, 0.4) is 0 Å². The quantitative estimate of drug-likeness (QED) is 0.575. The number of ether oxygens (including phenoxy) is 1. The van der Waals surface area contributed by atoms with Crippen LogP contribution >= 0.6 is 23.1 Å². The summed E-state index contributed by atoms with van der Waals surface area (Å²) in [6.45, 7) is 2.16. The molecule has 0 bridgehead atoms. The topological polar surface area (TPSA) is 64.1 Å². The lowest BCUT2D eigenvalue weighted by atomic mass is 9.98. The largest absolute Gasteiger partial charge is 0.496 e. The normalized spacial score (nSPS) is 11.8. The van der Waals surface area contributed by atoms with Crippen molar-refractivity contribution in [3.63, 3.8) is 0 Å². The monoisotopic (exact) mass is 399 g/mol. The molecule has 0 spiro atoms. The number of amides is 1. The summed E-state index contributed by atoms with van der Waals surface area (Å²) in [5.74, 6) is 0.627. The molecule has 1 unspecified atom stereocenters. The van der Waals surface area contributed by atoms with Gasteiger partial charge < -0.3 is 4.74 Å². The molecule has 1 N–H and O–H groups in total. The van der Waals surface area contributed by atoms with E-state index in [9.17, 15) is 4.79 Å². The van der Waals surface area contributed by atoms with Crippen LogP contribution in [0, 0.1) is 0 Å². The van der Waals surface area contributed by atoms with Gasteiger partial charge in [-0.3, -0.25) is 10.1 Å². The summed E-state index contributed by atoms with van der Waals surface area (Å²) in [5, 5.41) is 12.5. The molecule has 7 heteroatoms. The lowest BCUT2D eigenvalue weighted by Gasteiger charge is -2.09. The third-order valence-corrected chi connectivity index (χ3v) is 5.78. The van der Waals surface area contributed by atoms with E-state index in [0.29, 0.717) is 22.4 Å². The summed E-state index contributed by atoms with van der Waals surface area (Å²) >= 11 is 3.00. The van der Waals surface area contributed by atoms with Crippen LogP contribution < -0.4 is 10.1 Å². The number of aromatic nitrogens is 2. The van der Waals surface area contributed by atoms with E-state index in [-0.39, 0.29) is 5.91 Å². The van der Waals surface area contributed by atoms with Gasteiger partial charge in [-0.25, -0.2) is 0 Å². The predicted molar refractivity (Wildman–Crippen MR) is 111 cm³/mol. The van der Waals surface area contributed by atoms with Gasteiger partial charge in [-0.15, -0.1) is 22.0 Å². The number of hydrogen-bond donors (Lipinski definition) is 1. The van der Waals surface area contributed by atoms with E-state index in [4.69, 9.17) is 4.74 Å². The molecule has 1 aromatic heterocycles. The van der Waals surface area contributed by atoms with Crippen LogP contribution in [0.2, 0.25) is 0 Å². The highest BCUT2D eigenvalue weighted by atomic mass is 32.2. The fourth-order valence-electron chi connectivity index (χ4n) is 2.70. The molecule has 1 amide bonds. The zero-order valence-corrected chi connectivity index (χ0v) is 17.1. The molecule has 1 atom stereocenters.